The maximum atomic E-state index is 12.2. The number of thiocarbonyl (C=S) groups is 1. The van der Waals surface area contributed by atoms with E-state index in [9.17, 15) is 4.79 Å². The van der Waals surface area contributed by atoms with Crippen LogP contribution in [-0.2, 0) is 4.74 Å². The van der Waals surface area contributed by atoms with Crippen molar-refractivity contribution in [2.45, 2.75) is 25.9 Å². The number of nitrogens with one attached hydrogen (secondary N) is 1. The molecule has 5 rings (SSSR count). The molecule has 8 nitrogen and oxygen atoms in total. The van der Waals surface area contributed by atoms with Crippen molar-refractivity contribution in [2.75, 3.05) is 26.2 Å². The summed E-state index contributed by atoms with van der Waals surface area (Å²) in [4.78, 5) is 19.0. The van der Waals surface area contributed by atoms with Crippen molar-refractivity contribution in [2.24, 2.45) is 0 Å². The lowest BCUT2D eigenvalue weighted by atomic mass is 9.96. The molecule has 39 heavy (non-hydrogen) atoms. The molecule has 0 aliphatic carbocycles. The molecule has 1 aliphatic rings. The van der Waals surface area contributed by atoms with E-state index >= 15 is 0 Å². The number of methoxy groups -OCH3 is 3. The Kier molecular flexibility index (Phi) is 7.26. The molecule has 0 spiro atoms. The molecule has 200 valence electrons. The molecule has 1 saturated heterocycles. The fourth-order valence-electron chi connectivity index (χ4n) is 5.29. The lowest BCUT2D eigenvalue weighted by Crippen LogP contribution is -2.30. The highest BCUT2D eigenvalue weighted by atomic mass is 32.1. The highest BCUT2D eigenvalue weighted by molar-refractivity contribution is 7.80. The minimum Gasteiger partial charge on any atom is -0.497 e. The van der Waals surface area contributed by atoms with Crippen LogP contribution in [0, 0.1) is 13.8 Å². The predicted octanol–water partition coefficient (Wildman–Crippen LogP) is 5.47. The van der Waals surface area contributed by atoms with Gasteiger partial charge >= 0.3 is 5.97 Å². The molecule has 1 N–H and O–H groups in total. The fourth-order valence-corrected chi connectivity index (χ4v) is 5.63. The highest BCUT2D eigenvalue weighted by Crippen LogP contribution is 2.46. The molecule has 0 bridgehead atoms. The van der Waals surface area contributed by atoms with E-state index in [1.807, 2.05) is 54.6 Å². The van der Waals surface area contributed by atoms with E-state index in [2.05, 4.69) is 39.7 Å². The molecule has 1 aliphatic heterocycles. The van der Waals surface area contributed by atoms with E-state index in [0.29, 0.717) is 22.2 Å². The summed E-state index contributed by atoms with van der Waals surface area (Å²) in [6, 6.07) is 20.7. The van der Waals surface area contributed by atoms with Gasteiger partial charge in [-0.15, -0.1) is 0 Å². The Bertz CT molecular complexity index is 1540. The minimum absolute atomic E-state index is 0.221. The Labute approximate surface area is 233 Å². The van der Waals surface area contributed by atoms with Crippen LogP contribution in [0.15, 0.2) is 72.9 Å². The van der Waals surface area contributed by atoms with E-state index in [0.717, 1.165) is 34.0 Å². The minimum atomic E-state index is -0.377. The fraction of sp³-hybridized carbons (Fsp3) is 0.233. The molecule has 2 aromatic carbocycles. The molecule has 0 unspecified atom stereocenters. The van der Waals surface area contributed by atoms with Gasteiger partial charge in [0.15, 0.2) is 5.11 Å². The topological polar surface area (TPSA) is 77.9 Å². The summed E-state index contributed by atoms with van der Waals surface area (Å²) in [5, 5.41) is 4.08. The molecular weight excluding hydrogens is 512 g/mol. The number of aryl methyl sites for hydroxylation is 1. The third-order valence-electron chi connectivity index (χ3n) is 7.06. The summed E-state index contributed by atoms with van der Waals surface area (Å²) in [5.74, 6) is 0.956. The second kappa shape index (κ2) is 10.8. The standard InChI is InChI=1S/C30H30N4O4S/c1-18-15-23(19(2)33(18)21-10-8-9-20(16-21)29(35)38-5)28-27(24-11-6-7-14-31-24)32-30(39)34(28)25-13-12-22(36-3)17-26(25)37-4/h6-17,27-28H,1-5H3,(H,32,39)/t27-,28-/m1/s1. The quantitative estimate of drug-likeness (QED) is 0.243. The van der Waals surface area contributed by atoms with Gasteiger partial charge in [0.05, 0.1) is 50.4 Å². The third-order valence-corrected chi connectivity index (χ3v) is 7.37. The number of hydrogen-bond donors (Lipinski definition) is 1. The average molecular weight is 543 g/mol. The first-order valence-corrected chi connectivity index (χ1v) is 12.9. The zero-order valence-electron chi connectivity index (χ0n) is 22.5. The Balaban J connectivity index is 1.68. The maximum Gasteiger partial charge on any atom is 0.337 e. The second-order valence-electron chi connectivity index (χ2n) is 9.24. The van der Waals surface area contributed by atoms with Gasteiger partial charge < -0.3 is 29.0 Å². The van der Waals surface area contributed by atoms with Crippen molar-refractivity contribution in [1.29, 1.82) is 0 Å². The molecule has 3 heterocycles. The molecule has 9 heteroatoms. The molecule has 0 amide bonds. The number of aromatic nitrogens is 2. The molecule has 4 aromatic rings. The number of carbonyl (C=O) groups excluding carboxylic acids is 1. The third kappa shape index (κ3) is 4.70. The Morgan fingerprint density at radius 1 is 0.974 bits per heavy atom. The summed E-state index contributed by atoms with van der Waals surface area (Å²) >= 11 is 5.92. The van der Waals surface area contributed by atoms with Crippen LogP contribution >= 0.6 is 12.2 Å². The lowest BCUT2D eigenvalue weighted by Gasteiger charge is -2.29. The monoisotopic (exact) mass is 542 g/mol. The number of anilines is 1. The molecular formula is C30H30N4O4S. The molecule has 0 radical (unpaired) electrons. The van der Waals surface area contributed by atoms with Gasteiger partial charge in [-0.3, -0.25) is 4.98 Å². The normalized spacial score (nSPS) is 16.6. The Morgan fingerprint density at radius 3 is 2.49 bits per heavy atom. The van der Waals surface area contributed by atoms with Crippen molar-refractivity contribution in [3.05, 3.63) is 101 Å². The molecule has 2 atom stereocenters. The summed E-state index contributed by atoms with van der Waals surface area (Å²) in [6.45, 7) is 4.13. The van der Waals surface area contributed by atoms with Crippen LogP contribution in [0.1, 0.15) is 45.1 Å². The van der Waals surface area contributed by atoms with Gasteiger partial charge in [0.1, 0.15) is 11.5 Å². The van der Waals surface area contributed by atoms with Crippen molar-refractivity contribution >= 4 is 29.0 Å². The van der Waals surface area contributed by atoms with E-state index in [-0.39, 0.29) is 18.1 Å². The van der Waals surface area contributed by atoms with Crippen LogP contribution < -0.4 is 19.7 Å². The summed E-state index contributed by atoms with van der Waals surface area (Å²) in [6.07, 6.45) is 1.79. The molecule has 2 aromatic heterocycles. The van der Waals surface area contributed by atoms with Gasteiger partial charge in [-0.05, 0) is 80.2 Å². The van der Waals surface area contributed by atoms with Crippen molar-refractivity contribution in [1.82, 2.24) is 14.9 Å². The average Bonchev–Trinajstić information content (AvgIpc) is 3.46. The zero-order valence-corrected chi connectivity index (χ0v) is 23.3. The van der Waals surface area contributed by atoms with Crippen molar-refractivity contribution in [3.63, 3.8) is 0 Å². The lowest BCUT2D eigenvalue weighted by molar-refractivity contribution is 0.0600. The van der Waals surface area contributed by atoms with Crippen molar-refractivity contribution < 1.29 is 19.0 Å². The molecule has 1 fully saturated rings. The van der Waals surface area contributed by atoms with E-state index < -0.39 is 0 Å². The number of ether oxygens (including phenoxy) is 3. The number of nitrogens with zero attached hydrogens (tertiary/aromatic N) is 3. The number of hydrogen-bond acceptors (Lipinski definition) is 6. The van der Waals surface area contributed by atoms with Gasteiger partial charge in [-0.1, -0.05) is 12.1 Å². The number of carbonyl (C=O) groups is 1. The van der Waals surface area contributed by atoms with Crippen LogP contribution in [0.3, 0.4) is 0 Å². The summed E-state index contributed by atoms with van der Waals surface area (Å²) in [7, 11) is 4.64. The van der Waals surface area contributed by atoms with E-state index in [4.69, 9.17) is 26.4 Å². The van der Waals surface area contributed by atoms with Crippen LogP contribution in [0.5, 0.6) is 11.5 Å². The van der Waals surface area contributed by atoms with Crippen LogP contribution in [-0.4, -0.2) is 42.0 Å². The Hall–Kier alpha value is -4.37. The summed E-state index contributed by atoms with van der Waals surface area (Å²) < 4.78 is 18.3. The van der Waals surface area contributed by atoms with Gasteiger partial charge in [-0.25, -0.2) is 4.79 Å². The second-order valence-corrected chi connectivity index (χ2v) is 9.62. The van der Waals surface area contributed by atoms with Crippen LogP contribution in [0.4, 0.5) is 5.69 Å². The van der Waals surface area contributed by atoms with E-state index in [1.54, 1.807) is 26.5 Å². The first kappa shape index (κ1) is 26.2. The number of pyridine rings is 1. The van der Waals surface area contributed by atoms with Crippen LogP contribution in [0.25, 0.3) is 5.69 Å². The van der Waals surface area contributed by atoms with Crippen LogP contribution in [0.2, 0.25) is 0 Å². The SMILES string of the molecule is COC(=O)c1cccc(-n2c(C)cc([C@@H]3[C@@H](c4ccccn4)NC(=S)N3c3ccc(OC)cc3OC)c2C)c1. The van der Waals surface area contributed by atoms with Gasteiger partial charge in [0, 0.05) is 29.3 Å². The largest absolute Gasteiger partial charge is 0.497 e. The zero-order chi connectivity index (χ0) is 27.7. The Morgan fingerprint density at radius 2 is 1.79 bits per heavy atom. The van der Waals surface area contributed by atoms with Gasteiger partial charge in [-0.2, -0.15) is 0 Å². The van der Waals surface area contributed by atoms with Gasteiger partial charge in [0.2, 0.25) is 0 Å². The van der Waals surface area contributed by atoms with Gasteiger partial charge in [0.25, 0.3) is 0 Å². The molecule has 0 saturated carbocycles. The highest BCUT2D eigenvalue weighted by Gasteiger charge is 2.43. The number of esters is 1. The predicted molar refractivity (Wildman–Crippen MR) is 154 cm³/mol. The number of benzene rings is 2. The maximum absolute atomic E-state index is 12.2. The first-order valence-electron chi connectivity index (χ1n) is 12.5. The number of rotatable bonds is 7. The smallest absolute Gasteiger partial charge is 0.337 e. The summed E-state index contributed by atoms with van der Waals surface area (Å²) in [5.41, 5.74) is 6.15. The van der Waals surface area contributed by atoms with Crippen molar-refractivity contribution in [3.8, 4) is 17.2 Å². The van der Waals surface area contributed by atoms with E-state index in [1.165, 1.54) is 7.11 Å². The first-order chi connectivity index (χ1) is 18.9.